The molecule has 1 aliphatic carbocycles. The van der Waals surface area contributed by atoms with E-state index in [4.69, 9.17) is 0 Å². The average Bonchev–Trinajstić information content (AvgIpc) is 2.66. The quantitative estimate of drug-likeness (QED) is 0.562. The molecule has 0 aliphatic heterocycles. The number of benzene rings is 1. The second kappa shape index (κ2) is 10.1. The van der Waals surface area contributed by atoms with Crippen LogP contribution in [0.5, 0.6) is 0 Å². The Kier molecular flexibility index (Phi) is 8.31. The lowest BCUT2D eigenvalue weighted by Crippen LogP contribution is -2.29. The van der Waals surface area contributed by atoms with Crippen molar-refractivity contribution in [3.05, 3.63) is 42.0 Å². The third kappa shape index (κ3) is 7.12. The summed E-state index contributed by atoms with van der Waals surface area (Å²) in [5, 5.41) is 0. The third-order valence-corrected chi connectivity index (χ3v) is 7.38. The van der Waals surface area contributed by atoms with Crippen molar-refractivity contribution < 1.29 is 21.6 Å². The van der Waals surface area contributed by atoms with Gasteiger partial charge < -0.3 is 4.90 Å². The van der Waals surface area contributed by atoms with Crippen molar-refractivity contribution in [2.45, 2.75) is 43.2 Å². The average molecular weight is 433 g/mol. The van der Waals surface area contributed by atoms with Crippen molar-refractivity contribution in [1.29, 1.82) is 0 Å². The lowest BCUT2D eigenvalue weighted by Gasteiger charge is -2.28. The Balaban J connectivity index is 1.84. The maximum Gasteiger partial charge on any atom is 0.416 e. The molecule has 1 aromatic carbocycles. The smallest absolute Gasteiger partial charge is 0.306 e. The fraction of sp³-hybridized carbons (Fsp3) is 0.619. The Morgan fingerprint density at radius 2 is 1.62 bits per heavy atom. The standard InChI is InChI=1S/C21H31F3N2O2S/c1-25(2)15-4-5-17-6-8-18(9-7-17)14-16-26(3)29(27,28)20-12-10-19(11-13-20)21(22,23)24/h4-5,10-13,17-18H,6-9,14-16H2,1-3H3/t17-,18-. The summed E-state index contributed by atoms with van der Waals surface area (Å²) in [6, 6.07) is 3.68. The highest BCUT2D eigenvalue weighted by atomic mass is 32.2. The first-order valence-corrected chi connectivity index (χ1v) is 11.4. The molecule has 29 heavy (non-hydrogen) atoms. The molecule has 0 atom stereocenters. The van der Waals surface area contributed by atoms with Crippen molar-refractivity contribution in [3.8, 4) is 0 Å². The predicted molar refractivity (Wildman–Crippen MR) is 109 cm³/mol. The van der Waals surface area contributed by atoms with Crippen molar-refractivity contribution in [2.75, 3.05) is 34.2 Å². The molecular formula is C21H31F3N2O2S. The summed E-state index contributed by atoms with van der Waals surface area (Å²) < 4.78 is 64.5. The topological polar surface area (TPSA) is 40.6 Å². The first kappa shape index (κ1) is 23.9. The Labute approximate surface area is 172 Å². The lowest BCUT2D eigenvalue weighted by atomic mass is 9.80. The monoisotopic (exact) mass is 432 g/mol. The Morgan fingerprint density at radius 3 is 2.14 bits per heavy atom. The van der Waals surface area contributed by atoms with E-state index in [0.717, 1.165) is 62.9 Å². The van der Waals surface area contributed by atoms with Gasteiger partial charge in [0.1, 0.15) is 0 Å². The molecule has 0 N–H and O–H groups in total. The molecule has 1 fully saturated rings. The summed E-state index contributed by atoms with van der Waals surface area (Å²) in [7, 11) is 1.78. The van der Waals surface area contributed by atoms with Gasteiger partial charge in [-0.3, -0.25) is 0 Å². The van der Waals surface area contributed by atoms with Crippen molar-refractivity contribution in [1.82, 2.24) is 9.21 Å². The molecular weight excluding hydrogens is 401 g/mol. The minimum absolute atomic E-state index is 0.109. The van der Waals surface area contributed by atoms with Crippen LogP contribution in [-0.4, -0.2) is 51.9 Å². The first-order chi connectivity index (χ1) is 13.5. The van der Waals surface area contributed by atoms with E-state index in [0.29, 0.717) is 18.4 Å². The summed E-state index contributed by atoms with van der Waals surface area (Å²) in [6.07, 6.45) is 5.16. The molecule has 0 amide bonds. The van der Waals surface area contributed by atoms with E-state index in [1.54, 1.807) is 0 Å². The molecule has 0 radical (unpaired) electrons. The highest BCUT2D eigenvalue weighted by Gasteiger charge is 2.31. The van der Waals surface area contributed by atoms with Crippen molar-refractivity contribution in [3.63, 3.8) is 0 Å². The van der Waals surface area contributed by atoms with E-state index < -0.39 is 21.8 Å². The van der Waals surface area contributed by atoms with Gasteiger partial charge in [-0.1, -0.05) is 12.2 Å². The van der Waals surface area contributed by atoms with Crippen LogP contribution in [0.2, 0.25) is 0 Å². The summed E-state index contributed by atoms with van der Waals surface area (Å²) in [5.41, 5.74) is -0.851. The zero-order valence-corrected chi connectivity index (χ0v) is 18.1. The molecule has 2 rings (SSSR count). The zero-order chi connectivity index (χ0) is 21.7. The van der Waals surface area contributed by atoms with Crippen LogP contribution in [0.15, 0.2) is 41.3 Å². The number of likely N-dealkylation sites (N-methyl/N-ethyl adjacent to an activating group) is 1. The molecule has 4 nitrogen and oxygen atoms in total. The number of hydrogen-bond donors (Lipinski definition) is 0. The van der Waals surface area contributed by atoms with Crippen LogP contribution in [0.3, 0.4) is 0 Å². The maximum absolute atomic E-state index is 12.7. The van der Waals surface area contributed by atoms with Crippen LogP contribution in [-0.2, 0) is 16.2 Å². The Hall–Kier alpha value is -1.38. The first-order valence-electron chi connectivity index (χ1n) is 9.95. The number of sulfonamides is 1. The van der Waals surface area contributed by atoms with Gasteiger partial charge in [0.05, 0.1) is 10.5 Å². The summed E-state index contributed by atoms with van der Waals surface area (Å²) in [6.45, 7) is 1.31. The number of rotatable bonds is 8. The molecule has 1 aromatic rings. The van der Waals surface area contributed by atoms with Gasteiger partial charge in [0.15, 0.2) is 0 Å². The van der Waals surface area contributed by atoms with Crippen LogP contribution in [0.1, 0.15) is 37.7 Å². The van der Waals surface area contributed by atoms with E-state index >= 15 is 0 Å². The second-order valence-corrected chi connectivity index (χ2v) is 10.2. The van der Waals surface area contributed by atoms with Gasteiger partial charge in [0.25, 0.3) is 0 Å². The second-order valence-electron chi connectivity index (χ2n) is 8.11. The Morgan fingerprint density at radius 1 is 1.03 bits per heavy atom. The fourth-order valence-corrected chi connectivity index (χ4v) is 4.80. The largest absolute Gasteiger partial charge is 0.416 e. The highest BCUT2D eigenvalue weighted by Crippen LogP contribution is 2.32. The molecule has 0 heterocycles. The molecule has 164 valence electrons. The van der Waals surface area contributed by atoms with Crippen LogP contribution in [0, 0.1) is 11.8 Å². The van der Waals surface area contributed by atoms with E-state index in [1.807, 2.05) is 14.1 Å². The van der Waals surface area contributed by atoms with E-state index in [1.165, 1.54) is 11.4 Å². The van der Waals surface area contributed by atoms with Crippen LogP contribution < -0.4 is 0 Å². The lowest BCUT2D eigenvalue weighted by molar-refractivity contribution is -0.137. The van der Waals surface area contributed by atoms with Gasteiger partial charge in [-0.2, -0.15) is 13.2 Å². The summed E-state index contributed by atoms with van der Waals surface area (Å²) in [5.74, 6) is 1.08. The minimum atomic E-state index is -4.48. The summed E-state index contributed by atoms with van der Waals surface area (Å²) >= 11 is 0. The van der Waals surface area contributed by atoms with Gasteiger partial charge in [0, 0.05) is 20.1 Å². The number of nitrogens with zero attached hydrogens (tertiary/aromatic N) is 2. The number of alkyl halides is 3. The molecule has 8 heteroatoms. The van der Waals surface area contributed by atoms with E-state index in [-0.39, 0.29) is 4.90 Å². The van der Waals surface area contributed by atoms with Gasteiger partial charge in [-0.15, -0.1) is 0 Å². The Bertz CT molecular complexity index is 766. The van der Waals surface area contributed by atoms with Gasteiger partial charge in [0.2, 0.25) is 10.0 Å². The minimum Gasteiger partial charge on any atom is -0.306 e. The SMILES string of the molecule is CN(C)CC=C[C@H]1CC[C@H](CCN(C)S(=O)(=O)c2ccc(C(F)(F)F)cc2)CC1. The predicted octanol–water partition coefficient (Wildman–Crippen LogP) is 4.64. The molecule has 0 spiro atoms. The zero-order valence-electron chi connectivity index (χ0n) is 17.3. The van der Waals surface area contributed by atoms with E-state index in [9.17, 15) is 21.6 Å². The van der Waals surface area contributed by atoms with Crippen LogP contribution >= 0.6 is 0 Å². The van der Waals surface area contributed by atoms with Gasteiger partial charge >= 0.3 is 6.18 Å². The van der Waals surface area contributed by atoms with Crippen LogP contribution in [0.25, 0.3) is 0 Å². The fourth-order valence-electron chi connectivity index (χ4n) is 3.61. The molecule has 0 unspecified atom stereocenters. The van der Waals surface area contributed by atoms with Crippen LogP contribution in [0.4, 0.5) is 13.2 Å². The normalized spacial score (nSPS) is 21.4. The highest BCUT2D eigenvalue weighted by molar-refractivity contribution is 7.89. The van der Waals surface area contributed by atoms with Gasteiger partial charge in [-0.05, 0) is 82.3 Å². The van der Waals surface area contributed by atoms with Crippen molar-refractivity contribution >= 4 is 10.0 Å². The third-order valence-electron chi connectivity index (χ3n) is 5.51. The number of hydrogen-bond acceptors (Lipinski definition) is 3. The molecule has 1 aliphatic rings. The number of halogens is 3. The molecule has 0 aromatic heterocycles. The summed E-state index contributed by atoms with van der Waals surface area (Å²) in [4.78, 5) is 2.01. The molecule has 0 saturated heterocycles. The maximum atomic E-state index is 12.7. The molecule has 1 saturated carbocycles. The molecule has 0 bridgehead atoms. The van der Waals surface area contributed by atoms with E-state index in [2.05, 4.69) is 17.1 Å². The van der Waals surface area contributed by atoms with Gasteiger partial charge in [-0.25, -0.2) is 12.7 Å². The number of allylic oxidation sites excluding steroid dienone is 1. The van der Waals surface area contributed by atoms with Crippen molar-refractivity contribution in [2.24, 2.45) is 11.8 Å².